The van der Waals surface area contributed by atoms with Gasteiger partial charge in [-0.3, -0.25) is 24.6 Å². The maximum Gasteiger partial charge on any atom is 0.249 e. The van der Waals surface area contributed by atoms with E-state index in [9.17, 15) is 14.4 Å². The summed E-state index contributed by atoms with van der Waals surface area (Å²) in [6.07, 6.45) is 0.630. The molecule has 0 spiro atoms. The Balaban J connectivity index is 2.05. The number of piperidine rings is 1. The van der Waals surface area contributed by atoms with Crippen molar-refractivity contribution in [3.8, 4) is 0 Å². The Kier molecular flexibility index (Phi) is 3.16. The minimum absolute atomic E-state index is 0.120. The molecule has 2 aliphatic rings. The lowest BCUT2D eigenvalue weighted by Crippen LogP contribution is -2.58. The maximum atomic E-state index is 12.4. The molecular weight excluding hydrogens is 270 g/mol. The number of para-hydroxylation sites is 1. The van der Waals surface area contributed by atoms with Crippen LogP contribution in [-0.2, 0) is 14.4 Å². The third-order valence-electron chi connectivity index (χ3n) is 4.02. The van der Waals surface area contributed by atoms with E-state index in [1.807, 2.05) is 37.1 Å². The minimum atomic E-state index is -0.607. The van der Waals surface area contributed by atoms with Gasteiger partial charge in [0.05, 0.1) is 17.9 Å². The molecule has 1 N–H and O–H groups in total. The standard InChI is InChI=1S/C15H17N3O3/c1-9-4-3-5-10-14(9)17(2)8-13(20)18(10)11-6-7-12(19)16-15(11)21/h3-5,11H,6-8H2,1-2H3,(H,16,19,21). The quantitative estimate of drug-likeness (QED) is 0.767. The molecule has 1 saturated heterocycles. The van der Waals surface area contributed by atoms with Gasteiger partial charge in [-0.05, 0) is 25.0 Å². The van der Waals surface area contributed by atoms with Gasteiger partial charge >= 0.3 is 0 Å². The highest BCUT2D eigenvalue weighted by molar-refractivity contribution is 6.11. The van der Waals surface area contributed by atoms with Crippen LogP contribution in [0.15, 0.2) is 18.2 Å². The average Bonchev–Trinajstić information content (AvgIpc) is 2.40. The first-order valence-corrected chi connectivity index (χ1v) is 6.95. The van der Waals surface area contributed by atoms with E-state index in [0.717, 1.165) is 16.9 Å². The van der Waals surface area contributed by atoms with Gasteiger partial charge in [0.1, 0.15) is 6.04 Å². The van der Waals surface area contributed by atoms with Crippen LogP contribution in [0.5, 0.6) is 0 Å². The molecule has 0 saturated carbocycles. The number of rotatable bonds is 1. The lowest BCUT2D eigenvalue weighted by atomic mass is 10.00. The molecule has 6 nitrogen and oxygen atoms in total. The van der Waals surface area contributed by atoms with Crippen LogP contribution in [0.25, 0.3) is 0 Å². The molecule has 6 heteroatoms. The fourth-order valence-corrected chi connectivity index (χ4v) is 3.10. The van der Waals surface area contributed by atoms with Crippen LogP contribution < -0.4 is 15.1 Å². The monoisotopic (exact) mass is 287 g/mol. The highest BCUT2D eigenvalue weighted by atomic mass is 16.2. The van der Waals surface area contributed by atoms with E-state index in [1.54, 1.807) is 4.90 Å². The predicted molar refractivity (Wildman–Crippen MR) is 78.1 cm³/mol. The molecule has 1 fully saturated rings. The number of fused-ring (bicyclic) bond motifs is 1. The van der Waals surface area contributed by atoms with Gasteiger partial charge < -0.3 is 4.90 Å². The van der Waals surface area contributed by atoms with Crippen LogP contribution in [0.2, 0.25) is 0 Å². The van der Waals surface area contributed by atoms with E-state index in [2.05, 4.69) is 5.32 Å². The average molecular weight is 287 g/mol. The fraction of sp³-hybridized carbons (Fsp3) is 0.400. The van der Waals surface area contributed by atoms with Crippen molar-refractivity contribution in [1.82, 2.24) is 5.32 Å². The van der Waals surface area contributed by atoms with Gasteiger partial charge in [-0.1, -0.05) is 12.1 Å². The predicted octanol–water partition coefficient (Wildman–Crippen LogP) is 0.583. The Morgan fingerprint density at radius 2 is 2.00 bits per heavy atom. The van der Waals surface area contributed by atoms with Crippen LogP contribution in [0.4, 0.5) is 11.4 Å². The highest BCUT2D eigenvalue weighted by Gasteiger charge is 2.39. The Morgan fingerprint density at radius 3 is 2.71 bits per heavy atom. The number of hydrogen-bond donors (Lipinski definition) is 1. The second kappa shape index (κ2) is 4.87. The van der Waals surface area contributed by atoms with E-state index in [-0.39, 0.29) is 24.8 Å². The highest BCUT2D eigenvalue weighted by Crippen LogP contribution is 2.37. The van der Waals surface area contributed by atoms with Gasteiger partial charge in [-0.15, -0.1) is 0 Å². The Morgan fingerprint density at radius 1 is 1.24 bits per heavy atom. The third-order valence-corrected chi connectivity index (χ3v) is 4.02. The van der Waals surface area contributed by atoms with Crippen molar-refractivity contribution in [2.24, 2.45) is 0 Å². The minimum Gasteiger partial charge on any atom is -0.363 e. The van der Waals surface area contributed by atoms with Gasteiger partial charge in [0.2, 0.25) is 17.7 Å². The Bertz CT molecular complexity index is 641. The lowest BCUT2D eigenvalue weighted by molar-refractivity contribution is -0.135. The van der Waals surface area contributed by atoms with Gasteiger partial charge in [-0.25, -0.2) is 0 Å². The zero-order chi connectivity index (χ0) is 15.1. The number of carbonyl (C=O) groups excluding carboxylic acids is 3. The Hall–Kier alpha value is -2.37. The van der Waals surface area contributed by atoms with Crippen LogP contribution in [0, 0.1) is 6.92 Å². The van der Waals surface area contributed by atoms with Crippen molar-refractivity contribution < 1.29 is 14.4 Å². The Labute approximate surface area is 122 Å². The van der Waals surface area contributed by atoms with Gasteiger partial charge in [0.25, 0.3) is 0 Å². The van der Waals surface area contributed by atoms with Gasteiger partial charge in [0.15, 0.2) is 0 Å². The number of anilines is 2. The summed E-state index contributed by atoms with van der Waals surface area (Å²) >= 11 is 0. The van der Waals surface area contributed by atoms with Crippen LogP contribution >= 0.6 is 0 Å². The largest absolute Gasteiger partial charge is 0.363 e. The van der Waals surface area contributed by atoms with Gasteiger partial charge in [-0.2, -0.15) is 0 Å². The summed E-state index contributed by atoms with van der Waals surface area (Å²) in [7, 11) is 1.87. The summed E-state index contributed by atoms with van der Waals surface area (Å²) in [6, 6.07) is 5.09. The molecule has 21 heavy (non-hydrogen) atoms. The molecular formula is C15H17N3O3. The summed E-state index contributed by atoms with van der Waals surface area (Å²) in [4.78, 5) is 39.2. The van der Waals surface area contributed by atoms with E-state index in [0.29, 0.717) is 6.42 Å². The van der Waals surface area contributed by atoms with Crippen molar-refractivity contribution in [3.63, 3.8) is 0 Å². The van der Waals surface area contributed by atoms with Crippen molar-refractivity contribution in [1.29, 1.82) is 0 Å². The maximum absolute atomic E-state index is 12.4. The number of hydrogen-bond acceptors (Lipinski definition) is 4. The smallest absolute Gasteiger partial charge is 0.249 e. The van der Waals surface area contributed by atoms with Crippen molar-refractivity contribution in [2.45, 2.75) is 25.8 Å². The van der Waals surface area contributed by atoms with E-state index in [4.69, 9.17) is 0 Å². The topological polar surface area (TPSA) is 69.7 Å². The first-order valence-electron chi connectivity index (χ1n) is 6.95. The molecule has 0 aromatic heterocycles. The second-order valence-electron chi connectivity index (χ2n) is 5.53. The first kappa shape index (κ1) is 13.6. The molecule has 0 aliphatic carbocycles. The molecule has 110 valence electrons. The number of aryl methyl sites for hydroxylation is 1. The number of nitrogens with one attached hydrogen (secondary N) is 1. The summed E-state index contributed by atoms with van der Waals surface area (Å²) in [5, 5.41) is 2.32. The molecule has 1 aromatic carbocycles. The number of amides is 3. The number of likely N-dealkylation sites (N-methyl/N-ethyl adjacent to an activating group) is 1. The SMILES string of the molecule is Cc1cccc2c1N(C)CC(=O)N2C1CCC(=O)NC1=O. The van der Waals surface area contributed by atoms with Crippen LogP contribution in [0.3, 0.4) is 0 Å². The number of benzene rings is 1. The second-order valence-corrected chi connectivity index (χ2v) is 5.53. The van der Waals surface area contributed by atoms with E-state index < -0.39 is 11.9 Å². The van der Waals surface area contributed by atoms with Crippen LogP contribution in [0.1, 0.15) is 18.4 Å². The molecule has 1 unspecified atom stereocenters. The molecule has 3 amide bonds. The third kappa shape index (κ3) is 2.16. The molecule has 1 aromatic rings. The zero-order valence-electron chi connectivity index (χ0n) is 12.0. The van der Waals surface area contributed by atoms with Gasteiger partial charge in [0, 0.05) is 13.5 Å². The molecule has 0 bridgehead atoms. The number of imide groups is 1. The first-order chi connectivity index (χ1) is 9.99. The van der Waals surface area contributed by atoms with Crippen molar-refractivity contribution in [3.05, 3.63) is 23.8 Å². The fourth-order valence-electron chi connectivity index (χ4n) is 3.10. The van der Waals surface area contributed by atoms with Crippen LogP contribution in [-0.4, -0.2) is 37.4 Å². The summed E-state index contributed by atoms with van der Waals surface area (Å²) in [5.41, 5.74) is 2.75. The van der Waals surface area contributed by atoms with E-state index in [1.165, 1.54) is 0 Å². The number of carbonyl (C=O) groups is 3. The van der Waals surface area contributed by atoms with E-state index >= 15 is 0 Å². The summed E-state index contributed by atoms with van der Waals surface area (Å²) < 4.78 is 0. The molecule has 1 atom stereocenters. The molecule has 0 radical (unpaired) electrons. The molecule has 2 heterocycles. The molecule has 3 rings (SSSR count). The number of nitrogens with zero attached hydrogens (tertiary/aromatic N) is 2. The molecule has 2 aliphatic heterocycles. The normalized spacial score (nSPS) is 22.2. The van der Waals surface area contributed by atoms with Crippen molar-refractivity contribution in [2.75, 3.05) is 23.4 Å². The summed E-state index contributed by atoms with van der Waals surface area (Å²) in [5.74, 6) is -0.788. The van der Waals surface area contributed by atoms with Crippen molar-refractivity contribution >= 4 is 29.1 Å². The summed E-state index contributed by atoms with van der Waals surface area (Å²) in [6.45, 7) is 2.21. The lowest BCUT2D eigenvalue weighted by Gasteiger charge is -2.40. The zero-order valence-corrected chi connectivity index (χ0v) is 12.0.